The Labute approximate surface area is 204 Å². The Morgan fingerprint density at radius 3 is 2.26 bits per heavy atom. The van der Waals surface area contributed by atoms with Gasteiger partial charge in [-0.2, -0.15) is 0 Å². The van der Waals surface area contributed by atoms with Crippen LogP contribution in [0.4, 0.5) is 5.82 Å². The first-order chi connectivity index (χ1) is 17.0. The van der Waals surface area contributed by atoms with Crippen molar-refractivity contribution in [2.24, 2.45) is 0 Å². The van der Waals surface area contributed by atoms with Crippen molar-refractivity contribution in [1.29, 1.82) is 0 Å². The van der Waals surface area contributed by atoms with E-state index in [4.69, 9.17) is 15.7 Å². The number of amides is 1. The zero-order valence-corrected chi connectivity index (χ0v) is 20.0. The highest BCUT2D eigenvalue weighted by Gasteiger charge is 2.25. The summed E-state index contributed by atoms with van der Waals surface area (Å²) in [5, 5.41) is 3.13. The Bertz CT molecular complexity index is 1490. The van der Waals surface area contributed by atoms with E-state index in [2.05, 4.69) is 36.5 Å². The molecule has 3 N–H and O–H groups in total. The van der Waals surface area contributed by atoms with Gasteiger partial charge in [0.25, 0.3) is 5.91 Å². The minimum Gasteiger partial charge on any atom is -0.384 e. The van der Waals surface area contributed by atoms with Crippen LogP contribution in [0, 0.1) is 0 Å². The molecule has 0 fully saturated rings. The monoisotopic (exact) mass is 463 g/mol. The number of anilines is 1. The van der Waals surface area contributed by atoms with Gasteiger partial charge in [0.05, 0.1) is 11.0 Å². The number of hydrogen-bond acceptors (Lipinski definition) is 4. The first kappa shape index (κ1) is 22.6. The predicted octanol–water partition coefficient (Wildman–Crippen LogP) is 5.47. The summed E-state index contributed by atoms with van der Waals surface area (Å²) in [7, 11) is 0. The Kier molecular flexibility index (Phi) is 6.19. The molecule has 0 unspecified atom stereocenters. The number of hydrogen-bond donors (Lipinski definition) is 2. The van der Waals surface area contributed by atoms with Crippen LogP contribution in [0.5, 0.6) is 0 Å². The molecular formula is C29H29N5O. The normalized spacial score (nSPS) is 12.2. The molecule has 0 radical (unpaired) electrons. The van der Waals surface area contributed by atoms with Gasteiger partial charge in [-0.15, -0.1) is 0 Å². The molecule has 5 aromatic rings. The molecule has 1 atom stereocenters. The number of para-hydroxylation sites is 2. The molecule has 5 rings (SSSR count). The van der Waals surface area contributed by atoms with E-state index in [0.717, 1.165) is 36.0 Å². The van der Waals surface area contributed by atoms with E-state index in [-0.39, 0.29) is 11.9 Å². The van der Waals surface area contributed by atoms with Gasteiger partial charge in [-0.05, 0) is 61.6 Å². The quantitative estimate of drug-likeness (QED) is 0.335. The molecule has 3 aromatic carbocycles. The SMILES string of the molecule is CCc1ccc(-n2c(N)c(C(=O)N[C@@H](C)CCc3ccccc3)c3nc4ccccc4nc32)cc1. The van der Waals surface area contributed by atoms with Crippen LogP contribution >= 0.6 is 0 Å². The second kappa shape index (κ2) is 9.58. The van der Waals surface area contributed by atoms with Crippen molar-refractivity contribution in [3.8, 4) is 5.69 Å². The van der Waals surface area contributed by atoms with Crippen LogP contribution in [0.25, 0.3) is 27.9 Å². The zero-order chi connectivity index (χ0) is 24.4. The number of nitrogen functional groups attached to an aromatic ring is 1. The maximum absolute atomic E-state index is 13.5. The molecule has 0 bridgehead atoms. The zero-order valence-electron chi connectivity index (χ0n) is 20.0. The van der Waals surface area contributed by atoms with Crippen LogP contribution in [0.1, 0.15) is 41.8 Å². The van der Waals surface area contributed by atoms with Crippen LogP contribution in [-0.2, 0) is 12.8 Å². The highest BCUT2D eigenvalue weighted by atomic mass is 16.1. The molecule has 0 aliphatic rings. The summed E-state index contributed by atoms with van der Waals surface area (Å²) in [6.45, 7) is 4.13. The van der Waals surface area contributed by atoms with E-state index in [9.17, 15) is 4.79 Å². The van der Waals surface area contributed by atoms with Crippen LogP contribution in [0.15, 0.2) is 78.9 Å². The lowest BCUT2D eigenvalue weighted by atomic mass is 10.1. The van der Waals surface area contributed by atoms with Gasteiger partial charge in [0.2, 0.25) is 0 Å². The van der Waals surface area contributed by atoms with Crippen LogP contribution in [-0.4, -0.2) is 26.5 Å². The fraction of sp³-hybridized carbons (Fsp3) is 0.207. The van der Waals surface area contributed by atoms with E-state index in [0.29, 0.717) is 22.5 Å². The second-order valence-electron chi connectivity index (χ2n) is 8.90. The molecule has 176 valence electrons. The molecule has 6 heteroatoms. The number of nitrogens with zero attached hydrogens (tertiary/aromatic N) is 3. The first-order valence-corrected chi connectivity index (χ1v) is 12.1. The van der Waals surface area contributed by atoms with Gasteiger partial charge in [0.15, 0.2) is 5.65 Å². The van der Waals surface area contributed by atoms with Crippen molar-refractivity contribution in [2.75, 3.05) is 5.73 Å². The average Bonchev–Trinajstić information content (AvgIpc) is 3.17. The molecule has 0 aliphatic carbocycles. The highest BCUT2D eigenvalue weighted by molar-refractivity contribution is 6.11. The summed E-state index contributed by atoms with van der Waals surface area (Å²) >= 11 is 0. The number of carbonyl (C=O) groups excluding carboxylic acids is 1. The van der Waals surface area contributed by atoms with Crippen molar-refractivity contribution >= 4 is 33.9 Å². The van der Waals surface area contributed by atoms with Crippen molar-refractivity contribution in [3.05, 3.63) is 95.6 Å². The fourth-order valence-electron chi connectivity index (χ4n) is 4.42. The van der Waals surface area contributed by atoms with Crippen molar-refractivity contribution in [1.82, 2.24) is 19.9 Å². The summed E-state index contributed by atoms with van der Waals surface area (Å²) in [5.74, 6) is 0.105. The molecule has 2 aromatic heterocycles. The van der Waals surface area contributed by atoms with E-state index in [1.54, 1.807) is 0 Å². The molecule has 0 spiro atoms. The van der Waals surface area contributed by atoms with Crippen LogP contribution in [0.2, 0.25) is 0 Å². The number of carbonyl (C=O) groups is 1. The summed E-state index contributed by atoms with van der Waals surface area (Å²) in [5.41, 5.74) is 12.9. The molecule has 0 aliphatic heterocycles. The largest absolute Gasteiger partial charge is 0.384 e. The maximum Gasteiger partial charge on any atom is 0.257 e. The number of nitrogens with one attached hydrogen (secondary N) is 1. The summed E-state index contributed by atoms with van der Waals surface area (Å²) in [6, 6.07) is 26.1. The van der Waals surface area contributed by atoms with E-state index in [1.807, 2.05) is 66.1 Å². The van der Waals surface area contributed by atoms with Crippen molar-refractivity contribution in [3.63, 3.8) is 0 Å². The standard InChI is InChI=1S/C29H29N5O/c1-3-20-15-17-22(18-16-20)34-27(30)25(26-28(34)33-24-12-8-7-11-23(24)32-26)29(35)31-19(2)13-14-21-9-5-4-6-10-21/h4-12,15-19H,3,13-14,30H2,1-2H3,(H,31,35)/t19-/m0/s1. The number of nitrogens with two attached hydrogens (primary N) is 1. The van der Waals surface area contributed by atoms with Crippen molar-refractivity contribution in [2.45, 2.75) is 39.2 Å². The van der Waals surface area contributed by atoms with E-state index in [1.165, 1.54) is 11.1 Å². The molecule has 0 saturated carbocycles. The smallest absolute Gasteiger partial charge is 0.257 e. The molecule has 1 amide bonds. The number of aromatic nitrogens is 3. The third-order valence-electron chi connectivity index (χ3n) is 6.41. The first-order valence-electron chi connectivity index (χ1n) is 12.1. The minimum absolute atomic E-state index is 0.0299. The Hall–Kier alpha value is -4.19. The van der Waals surface area contributed by atoms with Crippen LogP contribution in [0.3, 0.4) is 0 Å². The highest BCUT2D eigenvalue weighted by Crippen LogP contribution is 2.31. The molecule has 35 heavy (non-hydrogen) atoms. The van der Waals surface area contributed by atoms with E-state index >= 15 is 0 Å². The number of aryl methyl sites for hydroxylation is 2. The second-order valence-corrected chi connectivity index (χ2v) is 8.90. The summed E-state index contributed by atoms with van der Waals surface area (Å²) in [6.07, 6.45) is 2.65. The number of rotatable bonds is 7. The number of benzene rings is 3. The molecule has 0 saturated heterocycles. The van der Waals surface area contributed by atoms with E-state index < -0.39 is 0 Å². The van der Waals surface area contributed by atoms with Crippen LogP contribution < -0.4 is 11.1 Å². The molecule has 2 heterocycles. The lowest BCUT2D eigenvalue weighted by Crippen LogP contribution is -2.33. The van der Waals surface area contributed by atoms with Gasteiger partial charge < -0.3 is 11.1 Å². The maximum atomic E-state index is 13.5. The third-order valence-corrected chi connectivity index (χ3v) is 6.41. The average molecular weight is 464 g/mol. The fourth-order valence-corrected chi connectivity index (χ4v) is 4.42. The Morgan fingerprint density at radius 2 is 1.57 bits per heavy atom. The number of fused-ring (bicyclic) bond motifs is 2. The van der Waals surface area contributed by atoms with Gasteiger partial charge in [0, 0.05) is 11.7 Å². The van der Waals surface area contributed by atoms with Gasteiger partial charge >= 0.3 is 0 Å². The third kappa shape index (κ3) is 4.47. The predicted molar refractivity (Wildman–Crippen MR) is 142 cm³/mol. The Balaban J connectivity index is 1.54. The lowest BCUT2D eigenvalue weighted by molar-refractivity contribution is 0.0941. The molecular weight excluding hydrogens is 434 g/mol. The minimum atomic E-state index is -0.235. The summed E-state index contributed by atoms with van der Waals surface area (Å²) < 4.78 is 1.83. The van der Waals surface area contributed by atoms with Gasteiger partial charge in [-0.1, -0.05) is 61.5 Å². The van der Waals surface area contributed by atoms with Gasteiger partial charge in [0.1, 0.15) is 16.9 Å². The topological polar surface area (TPSA) is 85.8 Å². The summed E-state index contributed by atoms with van der Waals surface area (Å²) in [4.78, 5) is 23.2. The lowest BCUT2D eigenvalue weighted by Gasteiger charge is -2.14. The molecule has 6 nitrogen and oxygen atoms in total. The Morgan fingerprint density at radius 1 is 0.914 bits per heavy atom. The van der Waals surface area contributed by atoms with Gasteiger partial charge in [-0.3, -0.25) is 9.36 Å². The van der Waals surface area contributed by atoms with Crippen molar-refractivity contribution < 1.29 is 4.79 Å². The van der Waals surface area contributed by atoms with Gasteiger partial charge in [-0.25, -0.2) is 9.97 Å².